The lowest BCUT2D eigenvalue weighted by Gasteiger charge is -2.10. The summed E-state index contributed by atoms with van der Waals surface area (Å²) < 4.78 is 27.2. The van der Waals surface area contributed by atoms with E-state index < -0.39 is 10.0 Å². The van der Waals surface area contributed by atoms with E-state index in [1.807, 2.05) is 0 Å². The van der Waals surface area contributed by atoms with Crippen LogP contribution < -0.4 is 15.8 Å². The fourth-order valence-electron chi connectivity index (χ4n) is 2.62. The number of nitrogens with two attached hydrogens (primary N) is 1. The molecule has 5 N–H and O–H groups in total. The second kappa shape index (κ2) is 9.91. The number of hydrogen-bond acceptors (Lipinski definition) is 4. The second-order valence-corrected chi connectivity index (χ2v) is 7.98. The summed E-state index contributed by atoms with van der Waals surface area (Å²) in [4.78, 5) is 12.5. The minimum Gasteiger partial charge on any atom is -0.384 e. The first-order chi connectivity index (χ1) is 13.8. The maximum atomic E-state index is 12.3. The van der Waals surface area contributed by atoms with Crippen molar-refractivity contribution in [2.24, 2.45) is 5.73 Å². The van der Waals surface area contributed by atoms with Gasteiger partial charge in [-0.05, 0) is 42.0 Å². The summed E-state index contributed by atoms with van der Waals surface area (Å²) in [5, 5.41) is 10.2. The molecule has 0 aliphatic heterocycles. The molecule has 0 heterocycles. The van der Waals surface area contributed by atoms with E-state index in [1.165, 1.54) is 12.1 Å². The molecule has 0 spiro atoms. The van der Waals surface area contributed by atoms with E-state index in [2.05, 4.69) is 10.0 Å². The van der Waals surface area contributed by atoms with Gasteiger partial charge in [0, 0.05) is 23.4 Å². The normalized spacial score (nSPS) is 10.5. The van der Waals surface area contributed by atoms with Crippen LogP contribution in [0.1, 0.15) is 21.5 Å². The maximum Gasteiger partial charge on any atom is 0.261 e. The highest BCUT2D eigenvalue weighted by Gasteiger charge is 2.13. The van der Waals surface area contributed by atoms with E-state index in [4.69, 9.17) is 11.1 Å². The summed E-state index contributed by atoms with van der Waals surface area (Å²) in [5.41, 5.74) is 7.57. The number of halogens is 1. The largest absolute Gasteiger partial charge is 0.384 e. The van der Waals surface area contributed by atoms with Gasteiger partial charge >= 0.3 is 0 Å². The van der Waals surface area contributed by atoms with Crippen molar-refractivity contribution >= 4 is 39.9 Å². The van der Waals surface area contributed by atoms with Crippen LogP contribution in [0.5, 0.6) is 0 Å². The number of nitrogens with one attached hydrogen (secondary N) is 3. The van der Waals surface area contributed by atoms with Crippen LogP contribution in [0.15, 0.2) is 83.8 Å². The fourth-order valence-corrected chi connectivity index (χ4v) is 3.70. The first-order valence-electron chi connectivity index (χ1n) is 8.74. The third-order valence-corrected chi connectivity index (χ3v) is 5.55. The van der Waals surface area contributed by atoms with Gasteiger partial charge in [0.25, 0.3) is 15.9 Å². The van der Waals surface area contributed by atoms with Crippen molar-refractivity contribution in [1.29, 1.82) is 5.41 Å². The van der Waals surface area contributed by atoms with Crippen LogP contribution in [0.4, 0.5) is 5.69 Å². The lowest BCUT2D eigenvalue weighted by Crippen LogP contribution is -2.23. The SMILES string of the molecule is Cl.N=C(N)c1cccc(C(=O)NCc2ccc(NS(=O)(=O)c3ccccc3)cc2)c1. The van der Waals surface area contributed by atoms with Crippen molar-refractivity contribution in [3.05, 3.63) is 95.6 Å². The zero-order valence-electron chi connectivity index (χ0n) is 15.8. The molecule has 0 saturated carbocycles. The van der Waals surface area contributed by atoms with E-state index in [1.54, 1.807) is 66.7 Å². The Morgan fingerprint density at radius 2 is 1.53 bits per heavy atom. The van der Waals surface area contributed by atoms with Gasteiger partial charge in [-0.25, -0.2) is 8.42 Å². The van der Waals surface area contributed by atoms with Crippen LogP contribution in [0, 0.1) is 5.41 Å². The molecule has 156 valence electrons. The Hall–Kier alpha value is -3.36. The topological polar surface area (TPSA) is 125 Å². The van der Waals surface area contributed by atoms with Crippen molar-refractivity contribution < 1.29 is 13.2 Å². The zero-order valence-corrected chi connectivity index (χ0v) is 17.5. The molecule has 0 radical (unpaired) electrons. The number of amidine groups is 1. The number of amides is 1. The Morgan fingerprint density at radius 1 is 0.900 bits per heavy atom. The highest BCUT2D eigenvalue weighted by molar-refractivity contribution is 7.92. The molecule has 30 heavy (non-hydrogen) atoms. The lowest BCUT2D eigenvalue weighted by atomic mass is 10.1. The van der Waals surface area contributed by atoms with E-state index in [9.17, 15) is 13.2 Å². The minimum absolute atomic E-state index is 0. The van der Waals surface area contributed by atoms with Crippen LogP contribution in [-0.2, 0) is 16.6 Å². The Morgan fingerprint density at radius 3 is 2.17 bits per heavy atom. The molecule has 3 rings (SSSR count). The molecule has 3 aromatic carbocycles. The smallest absolute Gasteiger partial charge is 0.261 e. The second-order valence-electron chi connectivity index (χ2n) is 6.29. The molecule has 0 saturated heterocycles. The van der Waals surface area contributed by atoms with Crippen LogP contribution in [0.2, 0.25) is 0 Å². The van der Waals surface area contributed by atoms with Crippen molar-refractivity contribution in [3.63, 3.8) is 0 Å². The molecule has 0 fully saturated rings. The molecule has 9 heteroatoms. The van der Waals surface area contributed by atoms with Crippen LogP contribution >= 0.6 is 12.4 Å². The number of rotatable bonds is 7. The number of sulfonamides is 1. The summed E-state index contributed by atoms with van der Waals surface area (Å²) in [7, 11) is -3.65. The molecular weight excluding hydrogens is 424 g/mol. The Kier molecular flexibility index (Phi) is 7.57. The first-order valence-corrected chi connectivity index (χ1v) is 10.2. The lowest BCUT2D eigenvalue weighted by molar-refractivity contribution is 0.0951. The average Bonchev–Trinajstić information content (AvgIpc) is 2.73. The van der Waals surface area contributed by atoms with E-state index in [0.717, 1.165) is 5.56 Å². The molecule has 0 atom stereocenters. The highest BCUT2D eigenvalue weighted by atomic mass is 35.5. The van der Waals surface area contributed by atoms with Gasteiger partial charge in [-0.3, -0.25) is 14.9 Å². The van der Waals surface area contributed by atoms with Gasteiger partial charge in [0.1, 0.15) is 5.84 Å². The van der Waals surface area contributed by atoms with Crippen molar-refractivity contribution in [2.45, 2.75) is 11.4 Å². The monoisotopic (exact) mass is 444 g/mol. The predicted octanol–water partition coefficient (Wildman–Crippen LogP) is 3.12. The van der Waals surface area contributed by atoms with Crippen molar-refractivity contribution in [2.75, 3.05) is 4.72 Å². The standard InChI is InChI=1S/C21H20N4O3S.ClH/c22-20(23)16-5-4-6-17(13-16)21(26)24-14-15-9-11-18(12-10-15)25-29(27,28)19-7-2-1-3-8-19;/h1-13,25H,14H2,(H3,22,23)(H,24,26);1H. The zero-order chi connectivity index (χ0) is 20.9. The summed E-state index contributed by atoms with van der Waals surface area (Å²) in [5.74, 6) is -0.393. The van der Waals surface area contributed by atoms with Crippen molar-refractivity contribution in [3.8, 4) is 0 Å². The van der Waals surface area contributed by atoms with E-state index in [0.29, 0.717) is 16.8 Å². The number of benzene rings is 3. The highest BCUT2D eigenvalue weighted by Crippen LogP contribution is 2.16. The summed E-state index contributed by atoms with van der Waals surface area (Å²) in [6.45, 7) is 0.273. The van der Waals surface area contributed by atoms with Crippen molar-refractivity contribution in [1.82, 2.24) is 5.32 Å². The summed E-state index contributed by atoms with van der Waals surface area (Å²) in [6, 6.07) is 21.4. The van der Waals surface area contributed by atoms with Gasteiger partial charge in [0.2, 0.25) is 0 Å². The number of carbonyl (C=O) groups is 1. The fraction of sp³-hybridized carbons (Fsp3) is 0.0476. The molecule has 0 aliphatic rings. The van der Waals surface area contributed by atoms with Gasteiger partial charge in [-0.15, -0.1) is 12.4 Å². The van der Waals surface area contributed by atoms with Crippen LogP contribution in [-0.4, -0.2) is 20.2 Å². The van der Waals surface area contributed by atoms with Gasteiger partial charge in [0.05, 0.1) is 4.90 Å². The predicted molar refractivity (Wildman–Crippen MR) is 120 cm³/mol. The maximum absolute atomic E-state index is 12.3. The first kappa shape index (κ1) is 22.9. The third-order valence-electron chi connectivity index (χ3n) is 4.15. The summed E-state index contributed by atoms with van der Waals surface area (Å²) >= 11 is 0. The molecular formula is C21H21ClN4O3S. The Balaban J connectivity index is 0.00000320. The molecule has 1 amide bonds. The molecule has 0 unspecified atom stereocenters. The number of anilines is 1. The van der Waals surface area contributed by atoms with Gasteiger partial charge in [-0.1, -0.05) is 42.5 Å². The van der Waals surface area contributed by atoms with Crippen LogP contribution in [0.25, 0.3) is 0 Å². The third kappa shape index (κ3) is 5.82. The average molecular weight is 445 g/mol. The van der Waals surface area contributed by atoms with E-state index >= 15 is 0 Å². The van der Waals surface area contributed by atoms with Crippen LogP contribution in [0.3, 0.4) is 0 Å². The van der Waals surface area contributed by atoms with Gasteiger partial charge < -0.3 is 11.1 Å². The minimum atomic E-state index is -3.65. The number of hydrogen-bond donors (Lipinski definition) is 4. The molecule has 0 aromatic heterocycles. The molecule has 3 aromatic rings. The number of nitrogen functional groups attached to an aromatic ring is 1. The number of carbonyl (C=O) groups excluding carboxylic acids is 1. The van der Waals surface area contributed by atoms with Gasteiger partial charge in [0.15, 0.2) is 0 Å². The molecule has 0 aliphatic carbocycles. The quantitative estimate of drug-likeness (QED) is 0.330. The Labute approximate surface area is 181 Å². The molecule has 0 bridgehead atoms. The molecule has 7 nitrogen and oxygen atoms in total. The van der Waals surface area contributed by atoms with Gasteiger partial charge in [-0.2, -0.15) is 0 Å². The van der Waals surface area contributed by atoms with E-state index in [-0.39, 0.29) is 35.6 Å². The summed E-state index contributed by atoms with van der Waals surface area (Å²) in [6.07, 6.45) is 0. The Bertz CT molecular complexity index is 1130.